The van der Waals surface area contributed by atoms with E-state index in [9.17, 15) is 14.4 Å². The number of halogens is 1. The third kappa shape index (κ3) is 8.96. The maximum Gasteiger partial charge on any atom is 0.255 e. The van der Waals surface area contributed by atoms with E-state index < -0.39 is 0 Å². The van der Waals surface area contributed by atoms with E-state index in [1.54, 1.807) is 23.1 Å². The van der Waals surface area contributed by atoms with Crippen molar-refractivity contribution in [3.8, 4) is 5.75 Å². The van der Waals surface area contributed by atoms with Gasteiger partial charge < -0.3 is 20.3 Å². The van der Waals surface area contributed by atoms with E-state index >= 15 is 0 Å². The van der Waals surface area contributed by atoms with Gasteiger partial charge in [0, 0.05) is 18.1 Å². The topological polar surface area (TPSA) is 91.0 Å². The van der Waals surface area contributed by atoms with E-state index in [1.165, 1.54) is 0 Å². The van der Waals surface area contributed by atoms with Crippen LogP contribution >= 0.6 is 11.6 Å². The van der Waals surface area contributed by atoms with Gasteiger partial charge in [-0.2, -0.15) is 0 Å². The maximum atomic E-state index is 13.2. The van der Waals surface area contributed by atoms with Gasteiger partial charge in [-0.1, -0.05) is 32.4 Å². The van der Waals surface area contributed by atoms with Crippen molar-refractivity contribution < 1.29 is 19.1 Å². The van der Waals surface area contributed by atoms with E-state index in [4.69, 9.17) is 16.3 Å². The molecule has 0 unspecified atom stereocenters. The summed E-state index contributed by atoms with van der Waals surface area (Å²) in [5.74, 6) is 0.991. The van der Waals surface area contributed by atoms with Gasteiger partial charge in [0.05, 0.1) is 24.7 Å². The molecule has 2 N–H and O–H groups in total. The smallest absolute Gasteiger partial charge is 0.255 e. The summed E-state index contributed by atoms with van der Waals surface area (Å²) >= 11 is 6.14. The van der Waals surface area contributed by atoms with Gasteiger partial charge in [0.15, 0.2) is 0 Å². The lowest BCUT2D eigenvalue weighted by Crippen LogP contribution is -2.49. The highest BCUT2D eigenvalue weighted by Gasteiger charge is 2.25. The minimum Gasteiger partial charge on any atom is -0.491 e. The van der Waals surface area contributed by atoms with Crippen molar-refractivity contribution in [2.45, 2.75) is 58.9 Å². The maximum absolute atomic E-state index is 13.2. The molecule has 1 aromatic carbocycles. The molecular formula is C27H41ClN4O4. The first-order chi connectivity index (χ1) is 17.2. The van der Waals surface area contributed by atoms with Gasteiger partial charge in [0.1, 0.15) is 12.4 Å². The summed E-state index contributed by atoms with van der Waals surface area (Å²) in [7, 11) is 0. The Morgan fingerprint density at radius 1 is 1.17 bits per heavy atom. The second kappa shape index (κ2) is 13.8. The van der Waals surface area contributed by atoms with Gasteiger partial charge >= 0.3 is 0 Å². The standard InChI is InChI=1S/C27H41ClN4O4/c1-19(2)14-22-18-36-24-7-6-21(28)15-23(24)27(35)29-10-4-5-11-32(16-25(33)30-22)26(34)17-31-12-8-20(3)9-13-31/h6-7,15,19-20,22H,4-5,8-14,16-18H2,1-3H3,(H,29,35)(H,30,33)/t22-/m1/s1. The fraction of sp³-hybridized carbons (Fsp3) is 0.667. The van der Waals surface area contributed by atoms with E-state index in [-0.39, 0.29) is 36.9 Å². The number of likely N-dealkylation sites (tertiary alicyclic amines) is 1. The van der Waals surface area contributed by atoms with Gasteiger partial charge in [-0.15, -0.1) is 0 Å². The molecule has 0 bridgehead atoms. The summed E-state index contributed by atoms with van der Waals surface area (Å²) in [6.45, 7) is 9.74. The number of nitrogens with one attached hydrogen (secondary N) is 2. The third-order valence-corrected chi connectivity index (χ3v) is 7.05. The summed E-state index contributed by atoms with van der Waals surface area (Å²) in [6, 6.07) is 4.72. The average molecular weight is 521 g/mol. The van der Waals surface area contributed by atoms with Crippen LogP contribution < -0.4 is 15.4 Å². The molecule has 0 radical (unpaired) electrons. The summed E-state index contributed by atoms with van der Waals surface area (Å²) < 4.78 is 6.01. The highest BCUT2D eigenvalue weighted by atomic mass is 35.5. The van der Waals surface area contributed by atoms with Crippen LogP contribution in [0.15, 0.2) is 18.2 Å². The largest absolute Gasteiger partial charge is 0.491 e. The number of rotatable bonds is 4. The number of nitrogens with zero attached hydrogens (tertiary/aromatic N) is 2. The predicted molar refractivity (Wildman–Crippen MR) is 141 cm³/mol. The fourth-order valence-electron chi connectivity index (χ4n) is 4.71. The Morgan fingerprint density at radius 3 is 2.64 bits per heavy atom. The minimum atomic E-state index is -0.255. The highest BCUT2D eigenvalue weighted by Crippen LogP contribution is 2.24. The number of hydrogen-bond acceptors (Lipinski definition) is 5. The SMILES string of the molecule is CC(C)C[C@@H]1COc2ccc(Cl)cc2C(=O)NCCCCN(C(=O)CN2CCC(C)CC2)CC(=O)N1. The monoisotopic (exact) mass is 520 g/mol. The van der Waals surface area contributed by atoms with Crippen molar-refractivity contribution >= 4 is 29.3 Å². The van der Waals surface area contributed by atoms with Crippen LogP contribution in [0.25, 0.3) is 0 Å². The van der Waals surface area contributed by atoms with Gasteiger partial charge in [-0.25, -0.2) is 0 Å². The molecule has 3 amide bonds. The molecule has 0 aliphatic carbocycles. The van der Waals surface area contributed by atoms with E-state index in [0.29, 0.717) is 67.1 Å². The molecule has 2 heterocycles. The second-order valence-corrected chi connectivity index (χ2v) is 11.0. The lowest BCUT2D eigenvalue weighted by molar-refractivity contribution is -0.137. The number of piperidine rings is 1. The van der Waals surface area contributed by atoms with Gasteiger partial charge in [0.2, 0.25) is 11.8 Å². The number of hydrogen-bond donors (Lipinski definition) is 2. The summed E-state index contributed by atoms with van der Waals surface area (Å²) in [5.41, 5.74) is 0.375. The average Bonchev–Trinajstić information content (AvgIpc) is 2.82. The van der Waals surface area contributed by atoms with Crippen molar-refractivity contribution in [1.29, 1.82) is 0 Å². The van der Waals surface area contributed by atoms with E-state index in [1.807, 2.05) is 0 Å². The Kier molecular flexibility index (Phi) is 10.9. The molecule has 8 nitrogen and oxygen atoms in total. The number of amides is 3. The second-order valence-electron chi connectivity index (χ2n) is 10.6. The minimum absolute atomic E-state index is 0.0215. The molecule has 1 aromatic rings. The molecule has 0 saturated carbocycles. The molecule has 1 fully saturated rings. The Labute approximate surface area is 220 Å². The number of carbonyl (C=O) groups excluding carboxylic acids is 3. The quantitative estimate of drug-likeness (QED) is 0.635. The van der Waals surface area contributed by atoms with E-state index in [0.717, 1.165) is 25.9 Å². The van der Waals surface area contributed by atoms with Crippen molar-refractivity contribution in [2.75, 3.05) is 45.9 Å². The predicted octanol–water partition coefficient (Wildman–Crippen LogP) is 3.33. The zero-order valence-electron chi connectivity index (χ0n) is 21.9. The first-order valence-electron chi connectivity index (χ1n) is 13.2. The van der Waals surface area contributed by atoms with Gasteiger partial charge in [0.25, 0.3) is 5.91 Å². The number of fused-ring (bicyclic) bond motifs is 1. The Balaban J connectivity index is 1.72. The van der Waals surface area contributed by atoms with Crippen LogP contribution in [0.2, 0.25) is 5.02 Å². The molecule has 2 aliphatic heterocycles. The molecule has 1 atom stereocenters. The highest BCUT2D eigenvalue weighted by molar-refractivity contribution is 6.31. The number of benzene rings is 1. The number of ether oxygens (including phenoxy) is 1. The third-order valence-electron chi connectivity index (χ3n) is 6.81. The molecule has 0 aromatic heterocycles. The van der Waals surface area contributed by atoms with Crippen LogP contribution in [-0.2, 0) is 9.59 Å². The first-order valence-corrected chi connectivity index (χ1v) is 13.6. The van der Waals surface area contributed by atoms with Crippen LogP contribution in [-0.4, -0.2) is 79.4 Å². The molecule has 1 saturated heterocycles. The van der Waals surface area contributed by atoms with Crippen molar-refractivity contribution in [3.05, 3.63) is 28.8 Å². The zero-order chi connectivity index (χ0) is 26.1. The van der Waals surface area contributed by atoms with Gasteiger partial charge in [-0.3, -0.25) is 19.3 Å². The lowest BCUT2D eigenvalue weighted by Gasteiger charge is -2.32. The molecular weight excluding hydrogens is 480 g/mol. The fourth-order valence-corrected chi connectivity index (χ4v) is 4.88. The van der Waals surface area contributed by atoms with E-state index in [2.05, 4.69) is 36.3 Å². The summed E-state index contributed by atoms with van der Waals surface area (Å²) in [4.78, 5) is 42.9. The van der Waals surface area contributed by atoms with Crippen LogP contribution in [0.3, 0.4) is 0 Å². The first kappa shape index (κ1) is 28.3. The van der Waals surface area contributed by atoms with Crippen LogP contribution in [0, 0.1) is 11.8 Å². The zero-order valence-corrected chi connectivity index (χ0v) is 22.6. The Bertz CT molecular complexity index is 902. The molecule has 200 valence electrons. The van der Waals surface area contributed by atoms with Crippen molar-refractivity contribution in [2.24, 2.45) is 11.8 Å². The Morgan fingerprint density at radius 2 is 1.92 bits per heavy atom. The van der Waals surface area contributed by atoms with Crippen LogP contribution in [0.4, 0.5) is 0 Å². The molecule has 9 heteroatoms. The summed E-state index contributed by atoms with van der Waals surface area (Å²) in [6.07, 6.45) is 4.27. The molecule has 2 aliphatic rings. The number of carbonyl (C=O) groups is 3. The molecule has 0 spiro atoms. The van der Waals surface area contributed by atoms with Crippen LogP contribution in [0.5, 0.6) is 5.75 Å². The Hall–Kier alpha value is -2.32. The summed E-state index contributed by atoms with van der Waals surface area (Å²) in [5, 5.41) is 6.45. The van der Waals surface area contributed by atoms with Crippen molar-refractivity contribution in [1.82, 2.24) is 20.4 Å². The van der Waals surface area contributed by atoms with Gasteiger partial charge in [-0.05, 0) is 75.2 Å². The lowest BCUT2D eigenvalue weighted by atomic mass is 9.99. The molecule has 3 rings (SSSR count). The van der Waals surface area contributed by atoms with Crippen molar-refractivity contribution in [3.63, 3.8) is 0 Å². The normalized spacial score (nSPS) is 21.6. The van der Waals surface area contributed by atoms with Crippen LogP contribution in [0.1, 0.15) is 63.2 Å². The molecule has 36 heavy (non-hydrogen) atoms.